The van der Waals surface area contributed by atoms with Crippen LogP contribution in [0.25, 0.3) is 22.1 Å². The highest BCUT2D eigenvalue weighted by Crippen LogP contribution is 2.31. The molecule has 0 atom stereocenters. The molecule has 3 rings (SSSR count). The van der Waals surface area contributed by atoms with Crippen molar-refractivity contribution >= 4 is 22.6 Å². The summed E-state index contributed by atoms with van der Waals surface area (Å²) in [6, 6.07) is 9.12. The van der Waals surface area contributed by atoms with Gasteiger partial charge in [-0.3, -0.25) is 4.79 Å². The SMILES string of the molecule is O=c1c(-c2ccccc2O)coc2cc(O)c(Cl)cc12. The maximum Gasteiger partial charge on any atom is 0.200 e. The molecule has 2 N–H and O–H groups in total. The molecule has 1 heterocycles. The van der Waals surface area contributed by atoms with Crippen molar-refractivity contribution < 1.29 is 14.6 Å². The van der Waals surface area contributed by atoms with Crippen LogP contribution in [-0.4, -0.2) is 10.2 Å². The van der Waals surface area contributed by atoms with Gasteiger partial charge in [-0.25, -0.2) is 0 Å². The Morgan fingerprint density at radius 3 is 2.50 bits per heavy atom. The Labute approximate surface area is 118 Å². The van der Waals surface area contributed by atoms with Crippen molar-refractivity contribution in [2.45, 2.75) is 0 Å². The van der Waals surface area contributed by atoms with E-state index in [9.17, 15) is 15.0 Å². The molecule has 0 unspecified atom stereocenters. The molecule has 0 amide bonds. The van der Waals surface area contributed by atoms with Gasteiger partial charge >= 0.3 is 0 Å². The molecule has 0 aliphatic heterocycles. The third-order valence-electron chi connectivity index (χ3n) is 3.04. The van der Waals surface area contributed by atoms with Crippen LogP contribution >= 0.6 is 11.6 Å². The molecular formula is C15H9ClO4. The molecule has 0 saturated heterocycles. The van der Waals surface area contributed by atoms with Crippen LogP contribution < -0.4 is 5.43 Å². The summed E-state index contributed by atoms with van der Waals surface area (Å²) >= 11 is 5.81. The third-order valence-corrected chi connectivity index (χ3v) is 3.34. The van der Waals surface area contributed by atoms with E-state index in [2.05, 4.69) is 0 Å². The molecule has 100 valence electrons. The molecule has 0 aliphatic rings. The zero-order valence-corrected chi connectivity index (χ0v) is 10.9. The lowest BCUT2D eigenvalue weighted by molar-refractivity contribution is 0.473. The van der Waals surface area contributed by atoms with Gasteiger partial charge in [-0.05, 0) is 12.1 Å². The fourth-order valence-electron chi connectivity index (χ4n) is 2.03. The summed E-state index contributed by atoms with van der Waals surface area (Å²) in [7, 11) is 0. The van der Waals surface area contributed by atoms with Gasteiger partial charge in [0.1, 0.15) is 23.3 Å². The van der Waals surface area contributed by atoms with Gasteiger partial charge in [-0.1, -0.05) is 29.8 Å². The molecular weight excluding hydrogens is 280 g/mol. The Morgan fingerprint density at radius 1 is 1.00 bits per heavy atom. The van der Waals surface area contributed by atoms with E-state index in [1.165, 1.54) is 24.5 Å². The van der Waals surface area contributed by atoms with Crippen LogP contribution in [0.4, 0.5) is 0 Å². The summed E-state index contributed by atoms with van der Waals surface area (Å²) in [6.07, 6.45) is 1.26. The van der Waals surface area contributed by atoms with Crippen molar-refractivity contribution in [3.05, 3.63) is 57.9 Å². The van der Waals surface area contributed by atoms with Gasteiger partial charge in [0.2, 0.25) is 5.43 Å². The molecule has 1 aromatic heterocycles. The summed E-state index contributed by atoms with van der Waals surface area (Å²) in [5, 5.41) is 19.6. The van der Waals surface area contributed by atoms with E-state index in [0.717, 1.165) is 0 Å². The van der Waals surface area contributed by atoms with Crippen molar-refractivity contribution in [1.82, 2.24) is 0 Å². The Kier molecular flexibility index (Phi) is 2.88. The Morgan fingerprint density at radius 2 is 1.75 bits per heavy atom. The Balaban J connectivity index is 2.35. The van der Waals surface area contributed by atoms with Crippen molar-refractivity contribution in [3.63, 3.8) is 0 Å². The average molecular weight is 289 g/mol. The smallest absolute Gasteiger partial charge is 0.200 e. The first kappa shape index (κ1) is 12.6. The summed E-state index contributed by atoms with van der Waals surface area (Å²) in [5.74, 6) is -0.165. The molecule has 2 aromatic carbocycles. The number of hydrogen-bond acceptors (Lipinski definition) is 4. The first-order chi connectivity index (χ1) is 9.58. The van der Waals surface area contributed by atoms with Gasteiger partial charge in [0.05, 0.1) is 16.0 Å². The maximum atomic E-state index is 12.4. The van der Waals surface area contributed by atoms with Crippen LogP contribution in [0.15, 0.2) is 51.9 Å². The summed E-state index contributed by atoms with van der Waals surface area (Å²) in [4.78, 5) is 12.4. The normalized spacial score (nSPS) is 10.8. The highest BCUT2D eigenvalue weighted by Gasteiger charge is 2.13. The molecule has 0 radical (unpaired) electrons. The number of hydrogen-bond donors (Lipinski definition) is 2. The zero-order chi connectivity index (χ0) is 14.3. The quantitative estimate of drug-likeness (QED) is 0.718. The number of aromatic hydroxyl groups is 2. The molecule has 3 aromatic rings. The van der Waals surface area contributed by atoms with Crippen molar-refractivity contribution in [2.75, 3.05) is 0 Å². The van der Waals surface area contributed by atoms with Crippen molar-refractivity contribution in [2.24, 2.45) is 0 Å². The van der Waals surface area contributed by atoms with E-state index in [1.807, 2.05) is 0 Å². The first-order valence-corrected chi connectivity index (χ1v) is 6.18. The Hall–Kier alpha value is -2.46. The highest BCUT2D eigenvalue weighted by atomic mass is 35.5. The van der Waals surface area contributed by atoms with Gasteiger partial charge in [0.15, 0.2) is 0 Å². The van der Waals surface area contributed by atoms with Crippen LogP contribution in [0.3, 0.4) is 0 Å². The van der Waals surface area contributed by atoms with E-state index >= 15 is 0 Å². The van der Waals surface area contributed by atoms with Crippen molar-refractivity contribution in [3.8, 4) is 22.6 Å². The number of halogens is 1. The van der Waals surface area contributed by atoms with Gasteiger partial charge in [-0.2, -0.15) is 0 Å². The molecule has 0 bridgehead atoms. The van der Waals surface area contributed by atoms with Crippen molar-refractivity contribution in [1.29, 1.82) is 0 Å². The molecule has 0 saturated carbocycles. The lowest BCUT2D eigenvalue weighted by atomic mass is 10.0. The molecule has 5 heteroatoms. The fourth-order valence-corrected chi connectivity index (χ4v) is 2.19. The van der Waals surface area contributed by atoms with E-state index in [4.69, 9.17) is 16.0 Å². The standard InChI is InChI=1S/C15H9ClO4/c16-11-5-9-14(6-13(11)18)20-7-10(15(9)19)8-3-1-2-4-12(8)17/h1-7,17-18H. The lowest BCUT2D eigenvalue weighted by Gasteiger charge is -2.05. The van der Waals surface area contributed by atoms with Crippen LogP contribution in [0, 0.1) is 0 Å². The van der Waals surface area contributed by atoms with E-state index < -0.39 is 0 Å². The second-order valence-electron chi connectivity index (χ2n) is 4.30. The molecule has 0 fully saturated rings. The van der Waals surface area contributed by atoms with E-state index in [0.29, 0.717) is 5.56 Å². The van der Waals surface area contributed by atoms with Crippen LogP contribution in [0.2, 0.25) is 5.02 Å². The lowest BCUT2D eigenvalue weighted by Crippen LogP contribution is -2.04. The second-order valence-corrected chi connectivity index (χ2v) is 4.70. The molecule has 20 heavy (non-hydrogen) atoms. The Bertz CT molecular complexity index is 867. The number of phenolic OH excluding ortho intramolecular Hbond substituents is 2. The summed E-state index contributed by atoms with van der Waals surface area (Å²) in [5.41, 5.74) is 0.524. The molecule has 0 aliphatic carbocycles. The third kappa shape index (κ3) is 1.90. The zero-order valence-electron chi connectivity index (χ0n) is 10.1. The number of rotatable bonds is 1. The first-order valence-electron chi connectivity index (χ1n) is 5.80. The minimum absolute atomic E-state index is 0.0102. The molecule has 0 spiro atoms. The van der Waals surface area contributed by atoms with Gasteiger partial charge in [0.25, 0.3) is 0 Å². The van der Waals surface area contributed by atoms with Gasteiger partial charge < -0.3 is 14.6 Å². The van der Waals surface area contributed by atoms with E-state index in [-0.39, 0.29) is 38.5 Å². The largest absolute Gasteiger partial charge is 0.507 e. The predicted octanol–water partition coefficient (Wildman–Crippen LogP) is 3.52. The average Bonchev–Trinajstić information content (AvgIpc) is 2.43. The van der Waals surface area contributed by atoms with Crippen LogP contribution in [0.5, 0.6) is 11.5 Å². The topological polar surface area (TPSA) is 70.7 Å². The monoisotopic (exact) mass is 288 g/mol. The van der Waals surface area contributed by atoms with Gasteiger partial charge in [0, 0.05) is 11.6 Å². The maximum absolute atomic E-state index is 12.4. The number of para-hydroxylation sites is 1. The minimum atomic E-state index is -0.324. The number of benzene rings is 2. The minimum Gasteiger partial charge on any atom is -0.507 e. The van der Waals surface area contributed by atoms with E-state index in [1.54, 1.807) is 18.2 Å². The fraction of sp³-hybridized carbons (Fsp3) is 0. The van der Waals surface area contributed by atoms with Crippen LogP contribution in [-0.2, 0) is 0 Å². The summed E-state index contributed by atoms with van der Waals surface area (Å²) < 4.78 is 5.34. The predicted molar refractivity (Wildman–Crippen MR) is 76.3 cm³/mol. The van der Waals surface area contributed by atoms with Gasteiger partial charge in [-0.15, -0.1) is 0 Å². The highest BCUT2D eigenvalue weighted by molar-refractivity contribution is 6.32. The second kappa shape index (κ2) is 4.58. The summed E-state index contributed by atoms with van der Waals surface area (Å²) in [6.45, 7) is 0. The number of fused-ring (bicyclic) bond motifs is 1. The van der Waals surface area contributed by atoms with Crippen LogP contribution in [0.1, 0.15) is 0 Å². The number of phenols is 2. The molecule has 4 nitrogen and oxygen atoms in total.